The zero-order valence-electron chi connectivity index (χ0n) is 1.85. The molecule has 0 N–H and O–H groups in total. The summed E-state index contributed by atoms with van der Waals surface area (Å²) in [6.45, 7) is 0. The molecule has 0 unspecified atom stereocenters. The van der Waals surface area contributed by atoms with Gasteiger partial charge in [0, 0.05) is 21.7 Å². The predicted molar refractivity (Wildman–Crippen MR) is 19.9 cm³/mol. The molecule has 0 radical (unpaired) electrons. The van der Waals surface area contributed by atoms with Crippen molar-refractivity contribution in [3.63, 3.8) is 0 Å². The van der Waals surface area contributed by atoms with Crippen molar-refractivity contribution in [2.24, 2.45) is 0 Å². The van der Waals surface area contributed by atoms with Gasteiger partial charge in [0.1, 0.15) is 0 Å². The molecule has 0 saturated carbocycles. The summed E-state index contributed by atoms with van der Waals surface area (Å²) in [6, 6.07) is 0. The molecule has 0 aliphatic rings. The Morgan fingerprint density at radius 3 is 1.25 bits per heavy atom. The number of rotatable bonds is 0. The van der Waals surface area contributed by atoms with Gasteiger partial charge in [-0.25, -0.2) is 0 Å². The molecule has 4 heteroatoms. The molecule has 4 heavy (non-hydrogen) atoms. The van der Waals surface area contributed by atoms with Crippen LogP contribution in [-0.4, -0.2) is 25.4 Å². The third-order valence-corrected chi connectivity index (χ3v) is 0. The van der Waals surface area contributed by atoms with Gasteiger partial charge in [0.05, 0.1) is 0 Å². The summed E-state index contributed by atoms with van der Waals surface area (Å²) in [6.07, 6.45) is 0. The molecule has 0 spiro atoms. The Morgan fingerprint density at radius 1 is 1.25 bits per heavy atom. The zero-order valence-corrected chi connectivity index (χ0v) is 6.52. The topological polar surface area (TPSA) is 0 Å². The van der Waals surface area contributed by atoms with Crippen LogP contribution in [0.15, 0.2) is 0 Å². The van der Waals surface area contributed by atoms with Crippen LogP contribution in [0, 0.1) is 0 Å². The maximum absolute atomic E-state index is 3.39. The second-order valence-electron chi connectivity index (χ2n) is 0. The zero-order chi connectivity index (χ0) is 2.00. The summed E-state index contributed by atoms with van der Waals surface area (Å²) in [5.74, 6) is 0. The van der Waals surface area contributed by atoms with Crippen molar-refractivity contribution in [2.75, 3.05) is 0 Å². The first kappa shape index (κ1) is 16.7. The monoisotopic (exact) mass is 165 g/mol. The SMILES string of the molecule is [AlH2][Fe].[SiH4].[Ti]. The molecule has 0 fully saturated rings. The molecular formula is H6AlFeSiTi. The molecule has 25 valence electrons. The molecule has 0 amide bonds. The van der Waals surface area contributed by atoms with Gasteiger partial charge in [-0.05, 0) is 11.0 Å². The molecular weight excluding hydrogens is 159 g/mol. The van der Waals surface area contributed by atoms with Crippen molar-refractivity contribution < 1.29 is 35.8 Å². The maximum atomic E-state index is 3.39. The van der Waals surface area contributed by atoms with E-state index in [2.05, 4.69) is 14.1 Å². The van der Waals surface area contributed by atoms with Crippen LogP contribution in [0.4, 0.5) is 0 Å². The van der Waals surface area contributed by atoms with Crippen molar-refractivity contribution in [2.45, 2.75) is 0 Å². The second-order valence-corrected chi connectivity index (χ2v) is 0. The van der Waals surface area contributed by atoms with Crippen molar-refractivity contribution in [3.8, 4) is 0 Å². The van der Waals surface area contributed by atoms with Gasteiger partial charge in [-0.2, -0.15) is 0 Å². The minimum absolute atomic E-state index is 0. The van der Waals surface area contributed by atoms with Crippen LogP contribution in [0.25, 0.3) is 0 Å². The second kappa shape index (κ2) is 20.1. The minimum Gasteiger partial charge on any atom is -0.0149 e. The first-order valence-corrected chi connectivity index (χ1v) is 4.37. The van der Waals surface area contributed by atoms with Crippen LogP contribution in [-0.2, 0) is 35.8 Å². The van der Waals surface area contributed by atoms with Crippen molar-refractivity contribution in [3.05, 3.63) is 0 Å². The molecule has 0 rings (SSSR count). The fraction of sp³-hybridized carbons (Fsp3) is 0. The average Bonchev–Trinajstić information content (AvgIpc) is 1.00. The predicted octanol–water partition coefficient (Wildman–Crippen LogP) is -2.37. The van der Waals surface area contributed by atoms with Gasteiger partial charge in [-0.15, -0.1) is 0 Å². The van der Waals surface area contributed by atoms with Gasteiger partial charge in [-0.1, -0.05) is 0 Å². The normalized spacial score (nSPS) is 1.25. The van der Waals surface area contributed by atoms with Crippen LogP contribution >= 0.6 is 0 Å². The van der Waals surface area contributed by atoms with Gasteiger partial charge in [0.15, 0.2) is 0 Å². The Balaban J connectivity index is -0.00000000500. The van der Waals surface area contributed by atoms with E-state index in [0.717, 1.165) is 14.4 Å². The fourth-order valence-corrected chi connectivity index (χ4v) is 0. The average molecular weight is 165 g/mol. The Bertz CT molecular complexity index is 8.00. The molecule has 0 atom stereocenters. The molecule has 0 aliphatic heterocycles. The first-order chi connectivity index (χ1) is 1.00. The van der Waals surface area contributed by atoms with E-state index < -0.39 is 0 Å². The fourth-order valence-electron chi connectivity index (χ4n) is 0. The molecule has 0 heterocycles. The van der Waals surface area contributed by atoms with Gasteiger partial charge >= 0.3 is 28.6 Å². The van der Waals surface area contributed by atoms with Crippen LogP contribution in [0.1, 0.15) is 0 Å². The van der Waals surface area contributed by atoms with Crippen LogP contribution < -0.4 is 0 Å². The summed E-state index contributed by atoms with van der Waals surface area (Å²) >= 11 is 4.44. The molecule has 0 bridgehead atoms. The largest absolute Gasteiger partial charge is 0.0149 e. The van der Waals surface area contributed by atoms with E-state index in [-0.39, 0.29) is 32.7 Å². The Kier molecular flexibility index (Phi) is 83.9. The van der Waals surface area contributed by atoms with E-state index >= 15 is 0 Å². The van der Waals surface area contributed by atoms with Crippen LogP contribution in [0.2, 0.25) is 0 Å². The van der Waals surface area contributed by atoms with E-state index in [1.165, 1.54) is 0 Å². The number of hydrogen-bond donors (Lipinski definition) is 0. The van der Waals surface area contributed by atoms with Crippen LogP contribution in [0.3, 0.4) is 0 Å². The third-order valence-electron chi connectivity index (χ3n) is 0. The Hall–Kier alpha value is 1.98. The molecule has 0 aromatic rings. The van der Waals surface area contributed by atoms with Gasteiger partial charge in [0.25, 0.3) is 0 Å². The van der Waals surface area contributed by atoms with E-state index in [9.17, 15) is 0 Å². The Labute approximate surface area is 60.8 Å². The standard InChI is InChI=1S/Al.Fe.H4Si.Ti.2H/h;;1H4;;;. The Morgan fingerprint density at radius 2 is 1.25 bits per heavy atom. The molecule has 0 aliphatic carbocycles. The number of hydrogen-bond acceptors (Lipinski definition) is 0. The smallest absolute Gasteiger partial charge is 0 e. The van der Waals surface area contributed by atoms with E-state index in [4.69, 9.17) is 0 Å². The molecule has 0 nitrogen and oxygen atoms in total. The van der Waals surface area contributed by atoms with E-state index in [1.54, 1.807) is 0 Å². The molecule has 0 saturated heterocycles. The summed E-state index contributed by atoms with van der Waals surface area (Å²) in [5.41, 5.74) is 0. The van der Waals surface area contributed by atoms with E-state index in [0.29, 0.717) is 0 Å². The summed E-state index contributed by atoms with van der Waals surface area (Å²) < 4.78 is 0. The summed E-state index contributed by atoms with van der Waals surface area (Å²) in [7, 11) is 0. The quantitative estimate of drug-likeness (QED) is 0.352. The van der Waals surface area contributed by atoms with E-state index in [1.807, 2.05) is 0 Å². The maximum Gasteiger partial charge on any atom is 0 e. The van der Waals surface area contributed by atoms with Crippen molar-refractivity contribution in [1.29, 1.82) is 0 Å². The van der Waals surface area contributed by atoms with Gasteiger partial charge in [0.2, 0.25) is 0 Å². The van der Waals surface area contributed by atoms with Crippen LogP contribution in [0.5, 0.6) is 0 Å². The molecule has 0 aromatic carbocycles. The van der Waals surface area contributed by atoms with Crippen molar-refractivity contribution >= 4 is 25.4 Å². The summed E-state index contributed by atoms with van der Waals surface area (Å²) in [4.78, 5) is 0. The first-order valence-electron chi connectivity index (χ1n) is 0.354. The van der Waals surface area contributed by atoms with Gasteiger partial charge < -0.3 is 0 Å². The minimum atomic E-state index is 0. The van der Waals surface area contributed by atoms with Gasteiger partial charge in [-0.3, -0.25) is 0 Å². The molecule has 0 aromatic heterocycles. The van der Waals surface area contributed by atoms with Crippen molar-refractivity contribution in [1.82, 2.24) is 0 Å². The third kappa shape index (κ3) is 9.01. The summed E-state index contributed by atoms with van der Waals surface area (Å²) in [5, 5.41) is 0.